The van der Waals surface area contributed by atoms with Gasteiger partial charge in [-0.2, -0.15) is 0 Å². The summed E-state index contributed by atoms with van der Waals surface area (Å²) in [4.78, 5) is 26.7. The third-order valence-corrected chi connectivity index (χ3v) is 4.08. The molecule has 2 aromatic rings. The van der Waals surface area contributed by atoms with Crippen molar-refractivity contribution in [2.75, 3.05) is 0 Å². The van der Waals surface area contributed by atoms with Crippen LogP contribution in [0.5, 0.6) is 0 Å². The molecule has 0 aliphatic rings. The zero-order valence-corrected chi connectivity index (χ0v) is 12.9. The fraction of sp³-hybridized carbons (Fsp3) is 0.154. The van der Waals surface area contributed by atoms with E-state index in [1.54, 1.807) is 6.07 Å². The number of thiazole rings is 1. The number of hydrogen-bond donors (Lipinski definition) is 2. The molecule has 0 aliphatic carbocycles. The van der Waals surface area contributed by atoms with Gasteiger partial charge in [-0.3, -0.25) is 4.79 Å². The monoisotopic (exact) mass is 354 g/mol. The van der Waals surface area contributed by atoms with Gasteiger partial charge in [-0.1, -0.05) is 11.6 Å². The number of halogens is 1. The highest BCUT2D eigenvalue weighted by Crippen LogP contribution is 2.18. The quantitative estimate of drug-likeness (QED) is 0.884. The Labute approximate surface area is 127 Å². The number of hydrogen-bond acceptors (Lipinski definition) is 4. The summed E-state index contributed by atoms with van der Waals surface area (Å²) in [7, 11) is 0. The molecule has 1 aromatic heterocycles. The van der Waals surface area contributed by atoms with Gasteiger partial charge in [0.1, 0.15) is 5.01 Å². The highest BCUT2D eigenvalue weighted by molar-refractivity contribution is 9.10. The Morgan fingerprint density at radius 2 is 2.20 bits per heavy atom. The Kier molecular flexibility index (Phi) is 4.51. The second kappa shape index (κ2) is 6.15. The van der Waals surface area contributed by atoms with Gasteiger partial charge < -0.3 is 10.4 Å². The predicted molar refractivity (Wildman–Crippen MR) is 79.1 cm³/mol. The molecule has 0 saturated carbocycles. The highest BCUT2D eigenvalue weighted by atomic mass is 79.9. The van der Waals surface area contributed by atoms with Crippen molar-refractivity contribution in [2.45, 2.75) is 13.5 Å². The first-order valence-electron chi connectivity index (χ1n) is 5.69. The van der Waals surface area contributed by atoms with Crippen molar-refractivity contribution in [1.82, 2.24) is 10.3 Å². The largest absolute Gasteiger partial charge is 0.476 e. The third-order valence-electron chi connectivity index (χ3n) is 2.54. The fourth-order valence-electron chi connectivity index (χ4n) is 1.55. The van der Waals surface area contributed by atoms with E-state index in [4.69, 9.17) is 5.11 Å². The molecule has 1 aromatic carbocycles. The molecule has 1 heterocycles. The molecule has 5 nitrogen and oxygen atoms in total. The summed E-state index contributed by atoms with van der Waals surface area (Å²) in [5, 5.41) is 13.5. The Balaban J connectivity index is 2.04. The third kappa shape index (κ3) is 3.43. The van der Waals surface area contributed by atoms with Crippen LogP contribution in [-0.4, -0.2) is 22.0 Å². The lowest BCUT2D eigenvalue weighted by molar-refractivity contribution is 0.0691. The van der Waals surface area contributed by atoms with Crippen LogP contribution in [0.3, 0.4) is 0 Å². The summed E-state index contributed by atoms with van der Waals surface area (Å²) < 4.78 is 0.714. The van der Waals surface area contributed by atoms with Gasteiger partial charge in [0.2, 0.25) is 0 Å². The standard InChI is InChI=1S/C13H11BrN2O3S/c1-7-2-3-9(14)8(4-7)12(17)15-5-11-16-10(6-20-11)13(18)19/h2-4,6H,5H2,1H3,(H,15,17)(H,18,19). The Morgan fingerprint density at radius 1 is 1.45 bits per heavy atom. The van der Waals surface area contributed by atoms with E-state index in [9.17, 15) is 9.59 Å². The average molecular weight is 355 g/mol. The molecule has 2 rings (SSSR count). The molecule has 0 aliphatic heterocycles. The van der Waals surface area contributed by atoms with E-state index in [1.165, 1.54) is 16.7 Å². The minimum atomic E-state index is -1.07. The number of nitrogens with zero attached hydrogens (tertiary/aromatic N) is 1. The SMILES string of the molecule is Cc1ccc(Br)c(C(=O)NCc2nc(C(=O)O)cs2)c1. The lowest BCUT2D eigenvalue weighted by atomic mass is 10.1. The van der Waals surface area contributed by atoms with Gasteiger partial charge in [0.25, 0.3) is 5.91 Å². The van der Waals surface area contributed by atoms with Crippen molar-refractivity contribution in [2.24, 2.45) is 0 Å². The molecule has 7 heteroatoms. The first-order valence-corrected chi connectivity index (χ1v) is 7.36. The van der Waals surface area contributed by atoms with Crippen molar-refractivity contribution in [3.05, 3.63) is 49.9 Å². The number of aryl methyl sites for hydroxylation is 1. The number of carbonyl (C=O) groups excluding carboxylic acids is 1. The number of amides is 1. The van der Waals surface area contributed by atoms with Crippen LogP contribution in [0.2, 0.25) is 0 Å². The summed E-state index contributed by atoms with van der Waals surface area (Å²) in [6, 6.07) is 5.50. The van der Waals surface area contributed by atoms with Gasteiger partial charge in [0.05, 0.1) is 12.1 Å². The Bertz CT molecular complexity index is 669. The van der Waals surface area contributed by atoms with Crippen LogP contribution in [0.1, 0.15) is 31.4 Å². The molecule has 0 fully saturated rings. The lowest BCUT2D eigenvalue weighted by Crippen LogP contribution is -2.23. The maximum Gasteiger partial charge on any atom is 0.355 e. The Hall–Kier alpha value is -1.73. The van der Waals surface area contributed by atoms with E-state index >= 15 is 0 Å². The molecule has 0 atom stereocenters. The van der Waals surface area contributed by atoms with E-state index in [-0.39, 0.29) is 18.1 Å². The minimum Gasteiger partial charge on any atom is -0.476 e. The maximum absolute atomic E-state index is 12.1. The van der Waals surface area contributed by atoms with Gasteiger partial charge >= 0.3 is 5.97 Å². The molecular formula is C13H11BrN2O3S. The maximum atomic E-state index is 12.1. The molecule has 104 valence electrons. The summed E-state index contributed by atoms with van der Waals surface area (Å²) in [6.45, 7) is 2.11. The number of benzene rings is 1. The molecule has 0 bridgehead atoms. The van der Waals surface area contributed by atoms with Gasteiger partial charge in [0.15, 0.2) is 5.69 Å². The molecular weight excluding hydrogens is 344 g/mol. The molecule has 0 saturated heterocycles. The number of nitrogens with one attached hydrogen (secondary N) is 1. The predicted octanol–water partition coefficient (Wildman–Crippen LogP) is 2.84. The van der Waals surface area contributed by atoms with Crippen molar-refractivity contribution in [3.8, 4) is 0 Å². The summed E-state index contributed by atoms with van der Waals surface area (Å²) in [5.74, 6) is -1.30. The zero-order chi connectivity index (χ0) is 14.7. The molecule has 20 heavy (non-hydrogen) atoms. The van der Waals surface area contributed by atoms with E-state index in [0.717, 1.165) is 5.56 Å². The van der Waals surface area contributed by atoms with E-state index in [0.29, 0.717) is 15.0 Å². The zero-order valence-electron chi connectivity index (χ0n) is 10.5. The lowest BCUT2D eigenvalue weighted by Gasteiger charge is -2.06. The van der Waals surface area contributed by atoms with E-state index < -0.39 is 5.97 Å². The molecule has 0 unspecified atom stereocenters. The van der Waals surface area contributed by atoms with Gasteiger partial charge in [-0.05, 0) is 35.0 Å². The number of carbonyl (C=O) groups is 2. The first kappa shape index (κ1) is 14.7. The molecule has 0 spiro atoms. The van der Waals surface area contributed by atoms with Crippen molar-refractivity contribution in [3.63, 3.8) is 0 Å². The van der Waals surface area contributed by atoms with Crippen LogP contribution in [0.25, 0.3) is 0 Å². The molecule has 1 amide bonds. The number of rotatable bonds is 4. The molecule has 2 N–H and O–H groups in total. The van der Waals surface area contributed by atoms with Crippen molar-refractivity contribution >= 4 is 39.1 Å². The summed E-state index contributed by atoms with van der Waals surface area (Å²) in [5.41, 5.74) is 1.52. The number of aromatic carboxylic acids is 1. The number of aromatic nitrogens is 1. The smallest absolute Gasteiger partial charge is 0.355 e. The van der Waals surface area contributed by atoms with Gasteiger partial charge in [-0.25, -0.2) is 9.78 Å². The topological polar surface area (TPSA) is 79.3 Å². The van der Waals surface area contributed by atoms with E-state index in [2.05, 4.69) is 26.2 Å². The Morgan fingerprint density at radius 3 is 2.85 bits per heavy atom. The first-order chi connectivity index (χ1) is 9.47. The minimum absolute atomic E-state index is 0.00372. The van der Waals surface area contributed by atoms with E-state index in [1.807, 2.05) is 19.1 Å². The normalized spacial score (nSPS) is 10.3. The van der Waals surface area contributed by atoms with Gasteiger partial charge in [0, 0.05) is 9.85 Å². The van der Waals surface area contributed by atoms with Gasteiger partial charge in [-0.15, -0.1) is 11.3 Å². The second-order valence-electron chi connectivity index (χ2n) is 4.10. The van der Waals surface area contributed by atoms with Crippen LogP contribution in [0.15, 0.2) is 28.1 Å². The second-order valence-corrected chi connectivity index (χ2v) is 5.89. The van der Waals surface area contributed by atoms with Crippen molar-refractivity contribution in [1.29, 1.82) is 0 Å². The highest BCUT2D eigenvalue weighted by Gasteiger charge is 2.12. The van der Waals surface area contributed by atoms with Crippen LogP contribution in [-0.2, 0) is 6.54 Å². The average Bonchev–Trinajstić information content (AvgIpc) is 2.88. The van der Waals surface area contributed by atoms with Crippen LogP contribution in [0, 0.1) is 6.92 Å². The fourth-order valence-corrected chi connectivity index (χ4v) is 2.69. The van der Waals surface area contributed by atoms with Crippen LogP contribution < -0.4 is 5.32 Å². The molecule has 0 radical (unpaired) electrons. The summed E-state index contributed by atoms with van der Waals surface area (Å²) >= 11 is 4.53. The van der Waals surface area contributed by atoms with Crippen LogP contribution in [0.4, 0.5) is 0 Å². The number of carboxylic acid groups (broad SMARTS) is 1. The summed E-state index contributed by atoms with van der Waals surface area (Å²) in [6.07, 6.45) is 0. The number of carboxylic acids is 1. The van der Waals surface area contributed by atoms with Crippen LogP contribution >= 0.6 is 27.3 Å². The van der Waals surface area contributed by atoms with Crippen molar-refractivity contribution < 1.29 is 14.7 Å².